The van der Waals surface area contributed by atoms with Gasteiger partial charge in [-0.25, -0.2) is 9.78 Å². The van der Waals surface area contributed by atoms with Crippen molar-refractivity contribution in [1.29, 1.82) is 0 Å². The number of fused-ring (bicyclic) bond motifs is 1. The fraction of sp³-hybridized carbons (Fsp3) is 0.267. The van der Waals surface area contributed by atoms with Gasteiger partial charge in [0.2, 0.25) is 0 Å². The molecule has 1 aromatic carbocycles. The van der Waals surface area contributed by atoms with Gasteiger partial charge in [0.1, 0.15) is 17.0 Å². The number of nitrogens with two attached hydrogens (primary N) is 1. The molecule has 0 aliphatic carbocycles. The molecule has 0 saturated heterocycles. The number of hydrogen-bond donors (Lipinski definition) is 1. The summed E-state index contributed by atoms with van der Waals surface area (Å²) < 4.78 is 5.25. The van der Waals surface area contributed by atoms with Gasteiger partial charge in [0.05, 0.1) is 0 Å². The molecule has 0 aliphatic rings. The molecule has 5 nitrogen and oxygen atoms in total. The lowest BCUT2D eigenvalue weighted by molar-refractivity contribution is 0.00630. The molecular weight excluding hydrogens is 256 g/mol. The van der Waals surface area contributed by atoms with Crippen LogP contribution in [0.2, 0.25) is 0 Å². The highest BCUT2D eigenvalue weighted by molar-refractivity contribution is 6.06. The van der Waals surface area contributed by atoms with Gasteiger partial charge in [-0.2, -0.15) is 0 Å². The summed E-state index contributed by atoms with van der Waals surface area (Å²) in [6, 6.07) is 8.71. The first-order valence-corrected chi connectivity index (χ1v) is 6.21. The zero-order valence-corrected chi connectivity index (χ0v) is 11.6. The summed E-state index contributed by atoms with van der Waals surface area (Å²) in [5.41, 5.74) is 4.84. The van der Waals surface area contributed by atoms with E-state index in [1.807, 2.05) is 6.07 Å². The third-order valence-electron chi connectivity index (χ3n) is 2.58. The predicted molar refractivity (Wildman–Crippen MR) is 75.4 cm³/mol. The first kappa shape index (κ1) is 14.0. The van der Waals surface area contributed by atoms with Gasteiger partial charge in [0.15, 0.2) is 0 Å². The third-order valence-corrected chi connectivity index (χ3v) is 2.58. The summed E-state index contributed by atoms with van der Waals surface area (Å²) >= 11 is 0. The molecule has 2 N–H and O–H groups in total. The number of primary amides is 1. The predicted octanol–water partition coefficient (Wildman–Crippen LogP) is 2.29. The van der Waals surface area contributed by atoms with Gasteiger partial charge >= 0.3 is 5.97 Å². The van der Waals surface area contributed by atoms with Crippen molar-refractivity contribution in [2.45, 2.75) is 26.4 Å². The maximum absolute atomic E-state index is 12.0. The van der Waals surface area contributed by atoms with Crippen LogP contribution in [-0.2, 0) is 4.74 Å². The van der Waals surface area contributed by atoms with Crippen LogP contribution in [0.15, 0.2) is 30.3 Å². The zero-order valence-electron chi connectivity index (χ0n) is 11.6. The molecule has 0 saturated carbocycles. The largest absolute Gasteiger partial charge is 0.455 e. The Balaban J connectivity index is 2.56. The first-order chi connectivity index (χ1) is 9.28. The van der Waals surface area contributed by atoms with Crippen LogP contribution in [0.25, 0.3) is 10.8 Å². The highest BCUT2D eigenvalue weighted by Crippen LogP contribution is 2.20. The lowest BCUT2D eigenvalue weighted by Crippen LogP contribution is -2.25. The van der Waals surface area contributed by atoms with Gasteiger partial charge in [-0.05, 0) is 32.2 Å². The molecular formula is C15H16N2O3. The van der Waals surface area contributed by atoms with Gasteiger partial charge in [-0.1, -0.05) is 24.3 Å². The number of pyridine rings is 1. The normalized spacial score (nSPS) is 11.3. The molecule has 2 aromatic rings. The Labute approximate surface area is 116 Å². The molecule has 1 heterocycles. The number of hydrogen-bond acceptors (Lipinski definition) is 4. The number of benzene rings is 1. The van der Waals surface area contributed by atoms with Crippen molar-refractivity contribution in [2.75, 3.05) is 0 Å². The quantitative estimate of drug-likeness (QED) is 0.850. The number of rotatable bonds is 2. The molecule has 0 atom stereocenters. The van der Waals surface area contributed by atoms with Gasteiger partial charge < -0.3 is 10.5 Å². The van der Waals surface area contributed by atoms with Crippen molar-refractivity contribution in [3.8, 4) is 0 Å². The summed E-state index contributed by atoms with van der Waals surface area (Å²) in [6.07, 6.45) is 0. The molecule has 5 heteroatoms. The fourth-order valence-corrected chi connectivity index (χ4v) is 1.82. The zero-order chi connectivity index (χ0) is 14.9. The van der Waals surface area contributed by atoms with Gasteiger partial charge in [0.25, 0.3) is 5.91 Å². The van der Waals surface area contributed by atoms with E-state index in [2.05, 4.69) is 4.98 Å². The van der Waals surface area contributed by atoms with E-state index in [0.29, 0.717) is 5.39 Å². The van der Waals surface area contributed by atoms with Crippen molar-refractivity contribution in [3.63, 3.8) is 0 Å². The highest BCUT2D eigenvalue weighted by Gasteiger charge is 2.21. The van der Waals surface area contributed by atoms with E-state index in [1.165, 1.54) is 0 Å². The minimum absolute atomic E-state index is 0.0731. The highest BCUT2D eigenvalue weighted by atomic mass is 16.6. The molecule has 0 radical (unpaired) electrons. The lowest BCUT2D eigenvalue weighted by atomic mass is 10.1. The van der Waals surface area contributed by atoms with E-state index >= 15 is 0 Å². The van der Waals surface area contributed by atoms with Crippen molar-refractivity contribution >= 4 is 22.6 Å². The van der Waals surface area contributed by atoms with Crippen LogP contribution < -0.4 is 5.73 Å². The van der Waals surface area contributed by atoms with Crippen LogP contribution in [0, 0.1) is 0 Å². The van der Waals surface area contributed by atoms with Crippen molar-refractivity contribution in [2.24, 2.45) is 5.73 Å². The Morgan fingerprint density at radius 1 is 1.20 bits per heavy atom. The number of nitrogens with zero attached hydrogens (tertiary/aromatic N) is 1. The molecule has 104 valence electrons. The van der Waals surface area contributed by atoms with E-state index < -0.39 is 17.5 Å². The Morgan fingerprint density at radius 2 is 1.85 bits per heavy atom. The second-order valence-corrected chi connectivity index (χ2v) is 5.44. The average Bonchev–Trinajstić information content (AvgIpc) is 2.35. The molecule has 1 aromatic heterocycles. The number of amides is 1. The standard InChI is InChI=1S/C15H16N2O3/c1-15(2,3)20-14(19)11-8-9-6-4-5-7-10(9)12(17-11)13(16)18/h4-8H,1-3H3,(H2,16,18). The summed E-state index contributed by atoms with van der Waals surface area (Å²) in [5, 5.41) is 1.34. The fourth-order valence-electron chi connectivity index (χ4n) is 1.82. The van der Waals surface area contributed by atoms with Crippen molar-refractivity contribution in [1.82, 2.24) is 4.98 Å². The average molecular weight is 272 g/mol. The van der Waals surface area contributed by atoms with E-state index in [9.17, 15) is 9.59 Å². The van der Waals surface area contributed by atoms with Crippen LogP contribution in [0.4, 0.5) is 0 Å². The van der Waals surface area contributed by atoms with Crippen LogP contribution in [0.3, 0.4) is 0 Å². The summed E-state index contributed by atoms with van der Waals surface area (Å²) in [6.45, 7) is 5.29. The SMILES string of the molecule is CC(C)(C)OC(=O)c1cc2ccccc2c(C(N)=O)n1. The second kappa shape index (κ2) is 4.92. The van der Waals surface area contributed by atoms with E-state index in [0.717, 1.165) is 5.39 Å². The minimum Gasteiger partial charge on any atom is -0.455 e. The molecule has 0 aliphatic heterocycles. The van der Waals surface area contributed by atoms with Crippen LogP contribution in [0.1, 0.15) is 41.7 Å². The van der Waals surface area contributed by atoms with Gasteiger partial charge in [-0.3, -0.25) is 4.79 Å². The van der Waals surface area contributed by atoms with Crippen LogP contribution in [-0.4, -0.2) is 22.5 Å². The van der Waals surface area contributed by atoms with E-state index in [4.69, 9.17) is 10.5 Å². The van der Waals surface area contributed by atoms with Crippen LogP contribution in [0.5, 0.6) is 0 Å². The van der Waals surface area contributed by atoms with Crippen molar-refractivity contribution in [3.05, 3.63) is 41.7 Å². The lowest BCUT2D eigenvalue weighted by Gasteiger charge is -2.19. The van der Waals surface area contributed by atoms with Crippen molar-refractivity contribution < 1.29 is 14.3 Å². The smallest absolute Gasteiger partial charge is 0.357 e. The second-order valence-electron chi connectivity index (χ2n) is 5.44. The Morgan fingerprint density at radius 3 is 2.45 bits per heavy atom. The maximum atomic E-state index is 12.0. The topological polar surface area (TPSA) is 82.3 Å². The molecule has 2 rings (SSSR count). The molecule has 20 heavy (non-hydrogen) atoms. The number of carbonyl (C=O) groups excluding carboxylic acids is 2. The van der Waals surface area contributed by atoms with Gasteiger partial charge in [-0.15, -0.1) is 0 Å². The molecule has 0 fully saturated rings. The van der Waals surface area contributed by atoms with Gasteiger partial charge in [0, 0.05) is 5.39 Å². The molecule has 0 spiro atoms. The number of carbonyl (C=O) groups is 2. The number of esters is 1. The molecule has 0 bridgehead atoms. The Hall–Kier alpha value is -2.43. The van der Waals surface area contributed by atoms with E-state index in [1.54, 1.807) is 45.0 Å². The first-order valence-electron chi connectivity index (χ1n) is 6.21. The summed E-state index contributed by atoms with van der Waals surface area (Å²) in [7, 11) is 0. The number of aromatic nitrogens is 1. The third kappa shape index (κ3) is 2.93. The van der Waals surface area contributed by atoms with Crippen LogP contribution >= 0.6 is 0 Å². The Bertz CT molecular complexity index is 687. The summed E-state index contributed by atoms with van der Waals surface area (Å²) in [4.78, 5) is 27.6. The summed E-state index contributed by atoms with van der Waals surface area (Å²) in [5.74, 6) is -1.25. The monoisotopic (exact) mass is 272 g/mol. The Kier molecular flexibility index (Phi) is 3.44. The molecule has 0 unspecified atom stereocenters. The maximum Gasteiger partial charge on any atom is 0.357 e. The van der Waals surface area contributed by atoms with E-state index in [-0.39, 0.29) is 11.4 Å². The molecule has 1 amide bonds. The minimum atomic E-state index is -0.674. The number of ether oxygens (including phenoxy) is 1.